The summed E-state index contributed by atoms with van der Waals surface area (Å²) in [6, 6.07) is 9.12. The van der Waals surface area contributed by atoms with E-state index in [9.17, 15) is 4.79 Å². The van der Waals surface area contributed by atoms with E-state index in [1.54, 1.807) is 23.0 Å². The lowest BCUT2D eigenvalue weighted by atomic mass is 9.96. The molecule has 0 unspecified atom stereocenters. The molecule has 0 spiro atoms. The number of fused-ring (bicyclic) bond motifs is 1. The van der Waals surface area contributed by atoms with Crippen LogP contribution in [-0.4, -0.2) is 33.4 Å². The summed E-state index contributed by atoms with van der Waals surface area (Å²) in [5.74, 6) is -0.441. The molecule has 6 heteroatoms. The Kier molecular flexibility index (Phi) is 4.19. The Morgan fingerprint density at radius 1 is 1.24 bits per heavy atom. The van der Waals surface area contributed by atoms with Gasteiger partial charge in [0.25, 0.3) is 0 Å². The fourth-order valence-electron chi connectivity index (χ4n) is 2.94. The van der Waals surface area contributed by atoms with Crippen molar-refractivity contribution in [1.29, 1.82) is 0 Å². The summed E-state index contributed by atoms with van der Waals surface area (Å²) in [6.45, 7) is 0.737. The van der Waals surface area contributed by atoms with Gasteiger partial charge in [0.15, 0.2) is 5.65 Å². The summed E-state index contributed by atoms with van der Waals surface area (Å²) >= 11 is 0. The lowest BCUT2D eigenvalue weighted by Gasteiger charge is -2.25. The quantitative estimate of drug-likeness (QED) is 0.750. The molecule has 3 aromatic rings. The van der Waals surface area contributed by atoms with Crippen LogP contribution >= 0.6 is 0 Å². The molecule has 0 bridgehead atoms. The van der Waals surface area contributed by atoms with Crippen LogP contribution in [0.2, 0.25) is 0 Å². The summed E-state index contributed by atoms with van der Waals surface area (Å²) < 4.78 is 7.57. The second-order valence-corrected chi connectivity index (χ2v) is 6.40. The van der Waals surface area contributed by atoms with Gasteiger partial charge in [-0.25, -0.2) is 9.67 Å². The second kappa shape index (κ2) is 6.64. The van der Waals surface area contributed by atoms with Crippen LogP contribution in [0.5, 0.6) is 0 Å². The highest BCUT2D eigenvalue weighted by atomic mass is 16.5. The van der Waals surface area contributed by atoms with Crippen molar-refractivity contribution in [2.24, 2.45) is 5.73 Å². The molecule has 0 radical (unpaired) electrons. The van der Waals surface area contributed by atoms with Crippen LogP contribution in [-0.2, 0) is 11.2 Å². The van der Waals surface area contributed by atoms with Gasteiger partial charge < -0.3 is 10.5 Å². The van der Waals surface area contributed by atoms with Crippen molar-refractivity contribution in [3.63, 3.8) is 0 Å². The number of ether oxygens (including phenoxy) is 1. The van der Waals surface area contributed by atoms with E-state index in [2.05, 4.69) is 16.1 Å². The largest absolute Gasteiger partial charge is 0.378 e. The maximum Gasteiger partial charge on any atom is 0.248 e. The third-order valence-electron chi connectivity index (χ3n) is 4.66. The van der Waals surface area contributed by atoms with Crippen molar-refractivity contribution in [1.82, 2.24) is 14.8 Å². The fourth-order valence-corrected chi connectivity index (χ4v) is 2.94. The van der Waals surface area contributed by atoms with Crippen LogP contribution < -0.4 is 5.73 Å². The first-order valence-electron chi connectivity index (χ1n) is 8.55. The molecule has 1 aromatic carbocycles. The molecule has 4 rings (SSSR count). The zero-order valence-corrected chi connectivity index (χ0v) is 13.9. The van der Waals surface area contributed by atoms with Gasteiger partial charge >= 0.3 is 0 Å². The highest BCUT2D eigenvalue weighted by Crippen LogP contribution is 2.22. The molecule has 1 aliphatic rings. The number of hydrogen-bond acceptors (Lipinski definition) is 4. The number of hydrogen-bond donors (Lipinski definition) is 1. The summed E-state index contributed by atoms with van der Waals surface area (Å²) in [6.07, 6.45) is 8.68. The molecule has 2 N–H and O–H groups in total. The standard InChI is InChI=1S/C19H20N4O2/c20-18(24)14-4-6-16(7-5-14)23-19-15(12-22-23)10-13(11-21-19)8-9-25-17-2-1-3-17/h4-7,10-12,17H,1-3,8-9H2,(H2,20,24). The summed E-state index contributed by atoms with van der Waals surface area (Å²) in [5, 5.41) is 5.41. The molecular weight excluding hydrogens is 316 g/mol. The maximum absolute atomic E-state index is 11.2. The normalized spacial score (nSPS) is 14.6. The van der Waals surface area contributed by atoms with Gasteiger partial charge in [0.1, 0.15) is 0 Å². The van der Waals surface area contributed by atoms with Gasteiger partial charge in [0.05, 0.1) is 24.6 Å². The van der Waals surface area contributed by atoms with Crippen molar-refractivity contribution in [2.75, 3.05) is 6.61 Å². The van der Waals surface area contributed by atoms with E-state index in [0.29, 0.717) is 11.7 Å². The Morgan fingerprint density at radius 2 is 2.04 bits per heavy atom. The average Bonchev–Trinajstić information content (AvgIpc) is 3.00. The zero-order valence-electron chi connectivity index (χ0n) is 13.9. The Hall–Kier alpha value is -2.73. The topological polar surface area (TPSA) is 83.0 Å². The Morgan fingerprint density at radius 3 is 2.72 bits per heavy atom. The van der Waals surface area contributed by atoms with Crippen LogP contribution in [0.25, 0.3) is 16.7 Å². The fraction of sp³-hybridized carbons (Fsp3) is 0.316. The van der Waals surface area contributed by atoms with Crippen molar-refractivity contribution >= 4 is 16.9 Å². The van der Waals surface area contributed by atoms with E-state index in [1.807, 2.05) is 18.3 Å². The molecule has 1 amide bonds. The van der Waals surface area contributed by atoms with Gasteiger partial charge in [-0.3, -0.25) is 4.79 Å². The first-order chi connectivity index (χ1) is 12.2. The zero-order chi connectivity index (χ0) is 17.2. The van der Waals surface area contributed by atoms with Crippen LogP contribution in [0, 0.1) is 0 Å². The van der Waals surface area contributed by atoms with Gasteiger partial charge in [0.2, 0.25) is 5.91 Å². The van der Waals surface area contributed by atoms with Crippen molar-refractivity contribution in [2.45, 2.75) is 31.8 Å². The highest BCUT2D eigenvalue weighted by Gasteiger charge is 2.17. The molecule has 0 aliphatic heterocycles. The number of pyridine rings is 1. The number of amides is 1. The number of primary amides is 1. The number of nitrogens with two attached hydrogens (primary N) is 1. The van der Waals surface area contributed by atoms with Crippen molar-refractivity contribution < 1.29 is 9.53 Å². The molecule has 1 aliphatic carbocycles. The molecule has 1 fully saturated rings. The third-order valence-corrected chi connectivity index (χ3v) is 4.66. The molecule has 2 aromatic heterocycles. The minimum atomic E-state index is -0.441. The molecule has 25 heavy (non-hydrogen) atoms. The smallest absolute Gasteiger partial charge is 0.248 e. The first-order valence-corrected chi connectivity index (χ1v) is 8.55. The summed E-state index contributed by atoms with van der Waals surface area (Å²) in [4.78, 5) is 15.7. The van der Waals surface area contributed by atoms with E-state index in [0.717, 1.165) is 35.3 Å². The van der Waals surface area contributed by atoms with Gasteiger partial charge in [-0.05, 0) is 61.6 Å². The molecular formula is C19H20N4O2. The first kappa shape index (κ1) is 15.8. The van der Waals surface area contributed by atoms with Crippen LogP contribution in [0.1, 0.15) is 35.2 Å². The van der Waals surface area contributed by atoms with Gasteiger partial charge in [-0.2, -0.15) is 5.10 Å². The number of benzene rings is 1. The molecule has 1 saturated carbocycles. The number of rotatable bonds is 6. The Bertz CT molecular complexity index is 897. The van der Waals surface area contributed by atoms with E-state index >= 15 is 0 Å². The van der Waals surface area contributed by atoms with Gasteiger partial charge in [-0.15, -0.1) is 0 Å². The van der Waals surface area contributed by atoms with Crippen molar-refractivity contribution in [3.05, 3.63) is 53.9 Å². The number of aromatic nitrogens is 3. The Balaban J connectivity index is 1.51. The van der Waals surface area contributed by atoms with E-state index in [4.69, 9.17) is 10.5 Å². The molecule has 128 valence electrons. The highest BCUT2D eigenvalue weighted by molar-refractivity contribution is 5.93. The van der Waals surface area contributed by atoms with E-state index in [-0.39, 0.29) is 0 Å². The second-order valence-electron chi connectivity index (χ2n) is 6.40. The number of carbonyl (C=O) groups excluding carboxylic acids is 1. The minimum Gasteiger partial charge on any atom is -0.378 e. The van der Waals surface area contributed by atoms with E-state index < -0.39 is 5.91 Å². The maximum atomic E-state index is 11.2. The third kappa shape index (κ3) is 3.25. The number of carbonyl (C=O) groups is 1. The Labute approximate surface area is 145 Å². The molecule has 0 saturated heterocycles. The SMILES string of the molecule is NC(=O)c1ccc(-n2ncc3cc(CCOC4CCC4)cnc32)cc1. The summed E-state index contributed by atoms with van der Waals surface area (Å²) in [7, 11) is 0. The predicted octanol–water partition coefficient (Wildman–Crippen LogP) is 2.63. The van der Waals surface area contributed by atoms with Gasteiger partial charge in [-0.1, -0.05) is 0 Å². The average molecular weight is 336 g/mol. The lowest BCUT2D eigenvalue weighted by molar-refractivity contribution is 0.00412. The van der Waals surface area contributed by atoms with Crippen molar-refractivity contribution in [3.8, 4) is 5.69 Å². The molecule has 0 atom stereocenters. The van der Waals surface area contributed by atoms with Crippen LogP contribution in [0.4, 0.5) is 0 Å². The van der Waals surface area contributed by atoms with Crippen LogP contribution in [0.3, 0.4) is 0 Å². The monoisotopic (exact) mass is 336 g/mol. The van der Waals surface area contributed by atoms with Crippen LogP contribution in [0.15, 0.2) is 42.7 Å². The molecule has 2 heterocycles. The van der Waals surface area contributed by atoms with Gasteiger partial charge in [0, 0.05) is 17.1 Å². The summed E-state index contributed by atoms with van der Waals surface area (Å²) in [5.41, 5.74) is 8.53. The lowest BCUT2D eigenvalue weighted by Crippen LogP contribution is -2.22. The molecule has 6 nitrogen and oxygen atoms in total. The number of nitrogens with zero attached hydrogens (tertiary/aromatic N) is 3. The predicted molar refractivity (Wildman–Crippen MR) is 94.7 cm³/mol. The minimum absolute atomic E-state index is 0.441. The van der Waals surface area contributed by atoms with E-state index in [1.165, 1.54) is 19.3 Å².